The van der Waals surface area contributed by atoms with E-state index in [1.54, 1.807) is 18.0 Å². The Balaban J connectivity index is 1.48. The lowest BCUT2D eigenvalue weighted by molar-refractivity contribution is -0.143. The van der Waals surface area contributed by atoms with Crippen LogP contribution in [-0.4, -0.2) is 33.9 Å². The normalized spacial score (nSPS) is 12.4. The molecule has 10 heteroatoms. The summed E-state index contributed by atoms with van der Waals surface area (Å²) in [4.78, 5) is 21.4. The van der Waals surface area contributed by atoms with E-state index in [0.717, 1.165) is 63.8 Å². The van der Waals surface area contributed by atoms with E-state index in [-0.39, 0.29) is 12.8 Å². The number of aryl methyl sites for hydroxylation is 1. The van der Waals surface area contributed by atoms with Gasteiger partial charge in [-0.25, -0.2) is 9.97 Å². The lowest BCUT2D eigenvalue weighted by atomic mass is 10.1. The van der Waals surface area contributed by atoms with Crippen LogP contribution in [0.25, 0.3) is 11.0 Å². The molecule has 2 aromatic heterocycles. The highest BCUT2D eigenvalue weighted by molar-refractivity contribution is 9.10. The number of nitrogen functional groups attached to an aromatic ring is 1. The summed E-state index contributed by atoms with van der Waals surface area (Å²) in [6, 6.07) is 5.81. The predicted molar refractivity (Wildman–Crippen MR) is 126 cm³/mol. The van der Waals surface area contributed by atoms with Crippen LogP contribution in [0.15, 0.2) is 38.9 Å². The maximum atomic E-state index is 11.5. The van der Waals surface area contributed by atoms with Crippen molar-refractivity contribution in [2.75, 3.05) is 19.1 Å². The number of carbonyl (C=O) groups excluding carboxylic acids is 1. The topological polar surface area (TPSA) is 101 Å². The van der Waals surface area contributed by atoms with E-state index >= 15 is 0 Å². The highest BCUT2D eigenvalue weighted by Gasteiger charge is 2.20. The van der Waals surface area contributed by atoms with Gasteiger partial charge in [-0.3, -0.25) is 4.79 Å². The molecule has 1 aliphatic heterocycles. The molecule has 0 atom stereocenters. The van der Waals surface area contributed by atoms with Crippen LogP contribution >= 0.6 is 27.7 Å². The number of unbranched alkanes of at least 4 members (excludes halogenated alkanes) is 3. The Hall–Kier alpha value is -2.46. The summed E-state index contributed by atoms with van der Waals surface area (Å²) < 4.78 is 19.1. The van der Waals surface area contributed by atoms with Gasteiger partial charge in [0.1, 0.15) is 5.52 Å². The summed E-state index contributed by atoms with van der Waals surface area (Å²) in [6.07, 6.45) is 5.98. The second-order valence-corrected chi connectivity index (χ2v) is 9.18. The van der Waals surface area contributed by atoms with Gasteiger partial charge >= 0.3 is 5.97 Å². The third kappa shape index (κ3) is 5.12. The molecule has 3 heterocycles. The van der Waals surface area contributed by atoms with Crippen molar-refractivity contribution in [3.05, 3.63) is 28.9 Å². The second kappa shape index (κ2) is 10.4. The van der Waals surface area contributed by atoms with Gasteiger partial charge in [-0.05, 0) is 53.9 Å². The SMILES string of the molecule is CCOC(=O)CCCCCCn1c(Sc2cc3c(cc2Br)OCO3)nc2c(N)nccc21. The van der Waals surface area contributed by atoms with Gasteiger partial charge in [0.15, 0.2) is 22.5 Å². The van der Waals surface area contributed by atoms with E-state index in [4.69, 9.17) is 24.9 Å². The van der Waals surface area contributed by atoms with Crippen LogP contribution in [0.2, 0.25) is 0 Å². The number of imidazole rings is 1. The Labute approximate surface area is 199 Å². The largest absolute Gasteiger partial charge is 0.466 e. The molecule has 4 rings (SSSR count). The van der Waals surface area contributed by atoms with E-state index in [9.17, 15) is 4.79 Å². The van der Waals surface area contributed by atoms with Gasteiger partial charge in [0.05, 0.1) is 12.1 Å². The first kappa shape index (κ1) is 22.7. The highest BCUT2D eigenvalue weighted by Crippen LogP contribution is 2.43. The third-order valence-electron chi connectivity index (χ3n) is 5.11. The quantitative estimate of drug-likeness (QED) is 0.288. The average molecular weight is 521 g/mol. The zero-order valence-electron chi connectivity index (χ0n) is 17.8. The number of carbonyl (C=O) groups is 1. The van der Waals surface area contributed by atoms with E-state index in [0.29, 0.717) is 24.4 Å². The van der Waals surface area contributed by atoms with Gasteiger partial charge in [0, 0.05) is 28.5 Å². The van der Waals surface area contributed by atoms with E-state index in [1.165, 1.54) is 0 Å². The number of esters is 1. The molecule has 0 saturated carbocycles. The number of anilines is 1. The Kier molecular flexibility index (Phi) is 7.41. The van der Waals surface area contributed by atoms with Crippen molar-refractivity contribution in [2.24, 2.45) is 0 Å². The monoisotopic (exact) mass is 520 g/mol. The van der Waals surface area contributed by atoms with Crippen molar-refractivity contribution in [2.45, 2.75) is 55.6 Å². The molecule has 0 unspecified atom stereocenters. The standard InChI is InChI=1S/C22H25BrN4O4S/c1-2-29-19(28)7-5-3-4-6-10-27-15-8-9-25-21(24)20(15)26-22(27)32-18-12-17-16(11-14(18)23)30-13-31-17/h8-9,11-12H,2-7,10,13H2,1H3,(H2,24,25). The zero-order chi connectivity index (χ0) is 22.5. The molecule has 0 radical (unpaired) electrons. The van der Waals surface area contributed by atoms with Gasteiger partial charge in [-0.2, -0.15) is 0 Å². The van der Waals surface area contributed by atoms with Crippen LogP contribution in [0, 0.1) is 0 Å². The van der Waals surface area contributed by atoms with Gasteiger partial charge in [0.2, 0.25) is 6.79 Å². The number of pyridine rings is 1. The van der Waals surface area contributed by atoms with Crippen molar-refractivity contribution in [1.29, 1.82) is 0 Å². The maximum Gasteiger partial charge on any atom is 0.305 e. The van der Waals surface area contributed by atoms with Gasteiger partial charge in [-0.15, -0.1) is 0 Å². The van der Waals surface area contributed by atoms with Crippen LogP contribution in [0.5, 0.6) is 11.5 Å². The summed E-state index contributed by atoms with van der Waals surface area (Å²) >= 11 is 5.17. The molecule has 0 saturated heterocycles. The van der Waals surface area contributed by atoms with Crippen LogP contribution in [0.3, 0.4) is 0 Å². The van der Waals surface area contributed by atoms with Crippen molar-refractivity contribution in [1.82, 2.24) is 14.5 Å². The molecule has 0 spiro atoms. The molecule has 1 aromatic carbocycles. The number of hydrogen-bond donors (Lipinski definition) is 1. The summed E-state index contributed by atoms with van der Waals surface area (Å²) in [7, 11) is 0. The fraction of sp³-hybridized carbons (Fsp3) is 0.409. The van der Waals surface area contributed by atoms with Crippen molar-refractivity contribution < 1.29 is 19.0 Å². The van der Waals surface area contributed by atoms with Crippen molar-refractivity contribution in [3.8, 4) is 11.5 Å². The predicted octanol–water partition coefficient (Wildman–Crippen LogP) is 5.17. The molecule has 0 fully saturated rings. The second-order valence-electron chi connectivity index (χ2n) is 7.32. The first-order chi connectivity index (χ1) is 15.6. The average Bonchev–Trinajstić information content (AvgIpc) is 3.36. The Morgan fingerprint density at radius 1 is 1.25 bits per heavy atom. The Bertz CT molecular complexity index is 1120. The number of rotatable bonds is 10. The summed E-state index contributed by atoms with van der Waals surface area (Å²) in [5.41, 5.74) is 7.76. The van der Waals surface area contributed by atoms with E-state index in [2.05, 4.69) is 25.5 Å². The Morgan fingerprint density at radius 2 is 2.03 bits per heavy atom. The maximum absolute atomic E-state index is 11.5. The molecule has 0 amide bonds. The number of halogens is 1. The third-order valence-corrected chi connectivity index (χ3v) is 7.08. The molecule has 1 aliphatic rings. The summed E-state index contributed by atoms with van der Waals surface area (Å²) in [6.45, 7) is 3.29. The fourth-order valence-corrected chi connectivity index (χ4v) is 5.07. The molecule has 3 aromatic rings. The molecule has 170 valence electrons. The Morgan fingerprint density at radius 3 is 2.84 bits per heavy atom. The van der Waals surface area contributed by atoms with Gasteiger partial charge in [0.25, 0.3) is 0 Å². The van der Waals surface area contributed by atoms with Crippen LogP contribution in [0.4, 0.5) is 5.82 Å². The highest BCUT2D eigenvalue weighted by atomic mass is 79.9. The lowest BCUT2D eigenvalue weighted by Crippen LogP contribution is -2.03. The summed E-state index contributed by atoms with van der Waals surface area (Å²) in [5, 5.41) is 0.839. The minimum Gasteiger partial charge on any atom is -0.466 e. The lowest BCUT2D eigenvalue weighted by Gasteiger charge is -2.10. The van der Waals surface area contributed by atoms with Crippen LogP contribution < -0.4 is 15.2 Å². The van der Waals surface area contributed by atoms with Gasteiger partial charge < -0.3 is 24.5 Å². The minimum atomic E-state index is -0.121. The zero-order valence-corrected chi connectivity index (χ0v) is 20.2. The molecule has 8 nitrogen and oxygen atoms in total. The molecule has 0 aliphatic carbocycles. The summed E-state index contributed by atoms with van der Waals surface area (Å²) in [5.74, 6) is 1.75. The number of nitrogens with zero attached hydrogens (tertiary/aromatic N) is 3. The first-order valence-corrected chi connectivity index (χ1v) is 12.2. The molecular formula is C22H25BrN4O4S. The van der Waals surface area contributed by atoms with E-state index < -0.39 is 0 Å². The van der Waals surface area contributed by atoms with E-state index in [1.807, 2.05) is 25.1 Å². The van der Waals surface area contributed by atoms with Crippen molar-refractivity contribution in [3.63, 3.8) is 0 Å². The molecular weight excluding hydrogens is 496 g/mol. The number of ether oxygens (including phenoxy) is 3. The number of nitrogens with two attached hydrogens (primary N) is 1. The van der Waals surface area contributed by atoms with Crippen LogP contribution in [0.1, 0.15) is 39.0 Å². The number of benzene rings is 1. The van der Waals surface area contributed by atoms with Gasteiger partial charge in [-0.1, -0.05) is 24.6 Å². The fourth-order valence-electron chi connectivity index (χ4n) is 3.55. The first-order valence-electron chi connectivity index (χ1n) is 10.6. The molecule has 0 bridgehead atoms. The van der Waals surface area contributed by atoms with Crippen LogP contribution in [-0.2, 0) is 16.1 Å². The number of aromatic nitrogens is 3. The van der Waals surface area contributed by atoms with Crippen molar-refractivity contribution >= 4 is 50.5 Å². The number of hydrogen-bond acceptors (Lipinski definition) is 8. The number of fused-ring (bicyclic) bond motifs is 2. The smallest absolute Gasteiger partial charge is 0.305 e. The minimum absolute atomic E-state index is 0.121. The molecule has 32 heavy (non-hydrogen) atoms. The molecule has 2 N–H and O–H groups in total.